The van der Waals surface area contributed by atoms with Gasteiger partial charge in [0.2, 0.25) is 0 Å². The van der Waals surface area contributed by atoms with Crippen LogP contribution in [0.3, 0.4) is 0 Å². The van der Waals surface area contributed by atoms with E-state index in [4.69, 9.17) is 0 Å². The summed E-state index contributed by atoms with van der Waals surface area (Å²) >= 11 is 5.60. The van der Waals surface area contributed by atoms with Gasteiger partial charge in [-0.25, -0.2) is 0 Å². The molecule has 0 saturated carbocycles. The van der Waals surface area contributed by atoms with Gasteiger partial charge in [0.05, 0.1) is 0 Å². The molecule has 0 amide bonds. The van der Waals surface area contributed by atoms with Crippen molar-refractivity contribution in [1.29, 1.82) is 0 Å². The van der Waals surface area contributed by atoms with Gasteiger partial charge in [0, 0.05) is 60.5 Å². The summed E-state index contributed by atoms with van der Waals surface area (Å²) in [6.07, 6.45) is 0. The van der Waals surface area contributed by atoms with Crippen molar-refractivity contribution in [1.82, 2.24) is 0 Å². The highest BCUT2D eigenvalue weighted by molar-refractivity contribution is 7.26. The predicted octanol–water partition coefficient (Wildman–Crippen LogP) is 42.5. The van der Waals surface area contributed by atoms with Crippen LogP contribution >= 0.6 is 34.0 Å². The van der Waals surface area contributed by atoms with Crippen LogP contribution < -0.4 is 0 Å². The van der Waals surface area contributed by atoms with Crippen LogP contribution in [0.15, 0.2) is 546 Å². The second-order valence-electron chi connectivity index (χ2n) is 38.6. The number of hydrogen-bond acceptors (Lipinski definition) is 3. The zero-order chi connectivity index (χ0) is 96.9. The van der Waals surface area contributed by atoms with Crippen molar-refractivity contribution < 1.29 is 0 Å². The van der Waals surface area contributed by atoms with Crippen molar-refractivity contribution in [3.63, 3.8) is 0 Å². The zero-order valence-corrected chi connectivity index (χ0v) is 82.6. The minimum Gasteiger partial charge on any atom is -0.135 e. The smallest absolute Gasteiger partial charge is 0.0355 e. The predicted molar refractivity (Wildman–Crippen MR) is 641 cm³/mol. The molecule has 684 valence electrons. The monoisotopic (exact) mass is 1910 g/mol. The lowest BCUT2D eigenvalue weighted by Gasteiger charge is -2.19. The Morgan fingerprint density at radius 2 is 0.286 bits per heavy atom. The Morgan fingerprint density at radius 3 is 0.612 bits per heavy atom. The minimum atomic E-state index is 1.23. The van der Waals surface area contributed by atoms with Gasteiger partial charge in [0.15, 0.2) is 0 Å². The Balaban J connectivity index is 0.000000107. The fraction of sp³-hybridized carbons (Fsp3) is 0. The molecule has 30 rings (SSSR count). The van der Waals surface area contributed by atoms with Crippen LogP contribution in [0.25, 0.3) is 291 Å². The molecular weight excluding hydrogens is 1830 g/mol. The lowest BCUT2D eigenvalue weighted by atomic mass is 9.85. The fourth-order valence-electron chi connectivity index (χ4n) is 23.3. The average molecular weight is 1920 g/mol. The summed E-state index contributed by atoms with van der Waals surface area (Å²) in [5, 5.41) is 30.8. The minimum absolute atomic E-state index is 1.23. The number of rotatable bonds is 12. The van der Waals surface area contributed by atoms with Gasteiger partial charge < -0.3 is 0 Å². The first-order valence-electron chi connectivity index (χ1n) is 50.5. The summed E-state index contributed by atoms with van der Waals surface area (Å²) in [5.74, 6) is 0. The van der Waals surface area contributed by atoms with Gasteiger partial charge in [-0.15, -0.1) is 34.0 Å². The molecule has 0 saturated heterocycles. The summed E-state index contributed by atoms with van der Waals surface area (Å²) in [4.78, 5) is 0. The van der Waals surface area contributed by atoms with Crippen LogP contribution in [0.1, 0.15) is 0 Å². The van der Waals surface area contributed by atoms with E-state index in [1.165, 1.54) is 291 Å². The molecule has 0 nitrogen and oxygen atoms in total. The van der Waals surface area contributed by atoms with E-state index in [2.05, 4.69) is 546 Å². The van der Waals surface area contributed by atoms with E-state index in [9.17, 15) is 0 Å². The first-order valence-corrected chi connectivity index (χ1v) is 53.0. The summed E-state index contributed by atoms with van der Waals surface area (Å²) in [6, 6.07) is 201. The Kier molecular flexibility index (Phi) is 21.7. The number of fused-ring (bicyclic) bond motifs is 18. The molecule has 0 bridgehead atoms. The Hall–Kier alpha value is -18.1. The van der Waals surface area contributed by atoms with Crippen molar-refractivity contribution in [2.24, 2.45) is 0 Å². The van der Waals surface area contributed by atoms with Crippen molar-refractivity contribution in [3.8, 4) is 134 Å². The molecule has 30 aromatic rings. The first-order chi connectivity index (χ1) is 72.9. The quantitative estimate of drug-likeness (QED) is 0.107. The zero-order valence-electron chi connectivity index (χ0n) is 80.2. The summed E-state index contributed by atoms with van der Waals surface area (Å²) in [6.45, 7) is 0. The van der Waals surface area contributed by atoms with E-state index in [1.54, 1.807) is 0 Å². The molecular formula is C144H90S3. The molecule has 147 heavy (non-hydrogen) atoms. The SMILES string of the molecule is c1cc(-c2ccc3ccccc3c2)cc(-c2c3ccccc3c(-c3ccc(-c4ccc5sc6ccccc6c5c4)cc3)c3ccccc23)c1.c1cc(-c2ccc3ccccc3c2)cc(-c2c3ccccc3c(-c3cccc(-c4ccc5sc6ccccc6c5c4)c3)c3ccccc23)c1.c1cc(-c2ccc3sc4ccccc4c3c2)cc(-c2c3ccccc3c(-c3cccc(-c4cccc5ccccc45)c3)c3ccccc23)c1. The lowest BCUT2D eigenvalue weighted by molar-refractivity contribution is 1.62. The molecule has 0 unspecified atom stereocenters. The van der Waals surface area contributed by atoms with Crippen molar-refractivity contribution in [2.75, 3.05) is 0 Å². The standard InChI is InChI=1S/3C48H30S/c1-2-18-37-31(12-1)13-11-24-38(37)34-15-10-17-36(29-34)48-42-22-5-3-20-40(42)47(41-21-4-6-23-43(41)48)35-16-9-14-32(28-35)33-26-27-46-44(30-33)39-19-7-8-25-45(39)49-46;1-2-12-32-27-35(24-23-31(32)11-1)33-13-9-15-37(28-33)47-40-18-3-5-20-42(40)48(43-21-6-4-19-41(43)47)38-16-10-14-34(29-38)36-25-26-46-44(30-36)39-17-7-8-22-45(39)49-46;1-2-11-34-28-36(25-22-31(34)10-1)35-12-9-13-38(29-35)48-42-17-5-3-15-40(42)47(41-16-4-6-18-43(41)48)33-23-20-32(21-24-33)37-26-27-46-44(30-37)39-14-7-8-19-45(39)49-46/h3*1-30H. The summed E-state index contributed by atoms with van der Waals surface area (Å²) in [5.41, 5.74) is 29.9. The number of benzene rings is 27. The van der Waals surface area contributed by atoms with Crippen LogP contribution in [0.5, 0.6) is 0 Å². The average Bonchev–Trinajstić information content (AvgIpc) is 1.48. The third-order valence-corrected chi connectivity index (χ3v) is 33.6. The normalized spacial score (nSPS) is 11.7. The first kappa shape index (κ1) is 86.8. The Labute approximate surface area is 863 Å². The highest BCUT2D eigenvalue weighted by Crippen LogP contribution is 2.52. The van der Waals surface area contributed by atoms with Crippen molar-refractivity contribution in [3.05, 3.63) is 546 Å². The molecule has 0 aliphatic carbocycles. The summed E-state index contributed by atoms with van der Waals surface area (Å²) in [7, 11) is 0. The molecule has 0 fully saturated rings. The van der Waals surface area contributed by atoms with Gasteiger partial charge >= 0.3 is 0 Å². The van der Waals surface area contributed by atoms with E-state index in [1.807, 2.05) is 34.0 Å². The lowest BCUT2D eigenvalue weighted by Crippen LogP contribution is -1.91. The molecule has 0 radical (unpaired) electrons. The molecule has 0 aliphatic rings. The van der Waals surface area contributed by atoms with Gasteiger partial charge in [-0.05, 0) is 328 Å². The Bertz CT molecular complexity index is 10400. The third kappa shape index (κ3) is 15.6. The fourth-order valence-corrected chi connectivity index (χ4v) is 26.5. The van der Waals surface area contributed by atoms with Gasteiger partial charge in [0.25, 0.3) is 0 Å². The maximum absolute atomic E-state index is 2.38. The maximum atomic E-state index is 2.38. The van der Waals surface area contributed by atoms with E-state index >= 15 is 0 Å². The van der Waals surface area contributed by atoms with E-state index < -0.39 is 0 Å². The van der Waals surface area contributed by atoms with Crippen LogP contribution in [-0.2, 0) is 0 Å². The van der Waals surface area contributed by atoms with Gasteiger partial charge in [-0.3, -0.25) is 0 Å². The number of hydrogen-bond donors (Lipinski definition) is 0. The highest BCUT2D eigenvalue weighted by atomic mass is 32.1. The molecule has 0 spiro atoms. The van der Waals surface area contributed by atoms with Crippen molar-refractivity contribution in [2.45, 2.75) is 0 Å². The number of thiophene rings is 3. The van der Waals surface area contributed by atoms with Crippen LogP contribution in [-0.4, -0.2) is 0 Å². The van der Waals surface area contributed by atoms with E-state index in [-0.39, 0.29) is 0 Å². The second-order valence-corrected chi connectivity index (χ2v) is 41.8. The molecule has 3 heterocycles. The van der Waals surface area contributed by atoms with Crippen LogP contribution in [0.2, 0.25) is 0 Å². The topological polar surface area (TPSA) is 0 Å². The van der Waals surface area contributed by atoms with Crippen molar-refractivity contribution >= 4 is 191 Å². The largest absolute Gasteiger partial charge is 0.135 e. The van der Waals surface area contributed by atoms with E-state index in [0.29, 0.717) is 0 Å². The van der Waals surface area contributed by atoms with Gasteiger partial charge in [-0.2, -0.15) is 0 Å². The summed E-state index contributed by atoms with van der Waals surface area (Å²) < 4.78 is 8.01. The maximum Gasteiger partial charge on any atom is 0.0355 e. The van der Waals surface area contributed by atoms with Gasteiger partial charge in [-0.1, -0.05) is 449 Å². The molecule has 0 aliphatic heterocycles. The second kappa shape index (κ2) is 36.7. The molecule has 0 N–H and O–H groups in total. The van der Waals surface area contributed by atoms with Crippen LogP contribution in [0, 0.1) is 0 Å². The van der Waals surface area contributed by atoms with Gasteiger partial charge in [0.1, 0.15) is 0 Å². The molecule has 27 aromatic carbocycles. The highest BCUT2D eigenvalue weighted by Gasteiger charge is 2.24. The van der Waals surface area contributed by atoms with Crippen LogP contribution in [0.4, 0.5) is 0 Å². The molecule has 3 aromatic heterocycles. The third-order valence-electron chi connectivity index (χ3n) is 30.1. The molecule has 0 atom stereocenters. The Morgan fingerprint density at radius 1 is 0.0884 bits per heavy atom. The molecule has 3 heteroatoms. The van der Waals surface area contributed by atoms with E-state index in [0.717, 1.165) is 0 Å².